The largest absolute Gasteiger partial charge is 0.466 e. The quantitative estimate of drug-likeness (QED) is 0.0320. The van der Waals surface area contributed by atoms with Crippen molar-refractivity contribution < 1.29 is 24.5 Å². The van der Waals surface area contributed by atoms with Crippen LogP contribution >= 0.6 is 0 Å². The van der Waals surface area contributed by atoms with Crippen molar-refractivity contribution >= 4 is 11.9 Å². The van der Waals surface area contributed by atoms with Crippen LogP contribution in [0.4, 0.5) is 0 Å². The molecule has 6 heteroatoms. The van der Waals surface area contributed by atoms with Crippen molar-refractivity contribution in [3.05, 3.63) is 12.2 Å². The molecule has 0 aliphatic heterocycles. The summed E-state index contributed by atoms with van der Waals surface area (Å²) in [6.07, 6.45) is 78.3. The molecular formula is C68H133NO5. The summed E-state index contributed by atoms with van der Waals surface area (Å²) in [6, 6.07) is -0.539. The van der Waals surface area contributed by atoms with Crippen LogP contribution in [0.25, 0.3) is 0 Å². The third kappa shape index (κ3) is 59.8. The Morgan fingerprint density at radius 2 is 0.635 bits per heavy atom. The number of esters is 1. The molecule has 0 aromatic carbocycles. The molecule has 0 heterocycles. The lowest BCUT2D eigenvalue weighted by molar-refractivity contribution is -0.143. The number of nitrogens with one attached hydrogen (secondary N) is 1. The van der Waals surface area contributed by atoms with E-state index in [9.17, 15) is 19.8 Å². The summed E-state index contributed by atoms with van der Waals surface area (Å²) in [5.41, 5.74) is 0. The predicted molar refractivity (Wildman–Crippen MR) is 324 cm³/mol. The third-order valence-corrected chi connectivity index (χ3v) is 16.1. The molecule has 0 fully saturated rings. The Bertz CT molecular complexity index is 1110. The molecule has 0 aromatic rings. The van der Waals surface area contributed by atoms with Crippen LogP contribution in [0.3, 0.4) is 0 Å². The summed E-state index contributed by atoms with van der Waals surface area (Å²) in [5, 5.41) is 23.2. The molecule has 0 saturated carbocycles. The minimum Gasteiger partial charge on any atom is -0.466 e. The maximum Gasteiger partial charge on any atom is 0.305 e. The monoisotopic (exact) mass is 1040 g/mol. The van der Waals surface area contributed by atoms with Gasteiger partial charge in [-0.25, -0.2) is 0 Å². The molecule has 1 amide bonds. The molecule has 0 aliphatic rings. The maximum absolute atomic E-state index is 12.4. The topological polar surface area (TPSA) is 95.9 Å². The summed E-state index contributed by atoms with van der Waals surface area (Å²) in [4.78, 5) is 24.5. The standard InChI is InChI=1S/C68H133NO5/c1-3-5-7-9-11-13-15-16-17-18-29-33-36-39-42-46-50-54-58-62-68(73)74-63-59-55-51-47-43-40-37-34-31-28-26-24-22-20-19-21-23-25-27-30-32-35-38-41-45-49-53-57-61-67(72)69-65(64-70)66(71)60-56-52-48-44-14-12-10-8-6-4-2/h19-20,65-66,70-71H,3-18,21-64H2,1-2H3,(H,69,72)/b20-19-. The van der Waals surface area contributed by atoms with Gasteiger partial charge in [-0.15, -0.1) is 0 Å². The summed E-state index contributed by atoms with van der Waals surface area (Å²) in [5.74, 6) is -0.0133. The number of hydrogen-bond acceptors (Lipinski definition) is 5. The van der Waals surface area contributed by atoms with E-state index in [0.29, 0.717) is 25.9 Å². The third-order valence-electron chi connectivity index (χ3n) is 16.1. The van der Waals surface area contributed by atoms with Crippen molar-refractivity contribution in [3.63, 3.8) is 0 Å². The molecule has 74 heavy (non-hydrogen) atoms. The van der Waals surface area contributed by atoms with Crippen LogP contribution in [0.1, 0.15) is 386 Å². The molecule has 0 aliphatic carbocycles. The van der Waals surface area contributed by atoms with Crippen LogP contribution in [0.5, 0.6) is 0 Å². The van der Waals surface area contributed by atoms with Crippen LogP contribution in [-0.2, 0) is 14.3 Å². The van der Waals surface area contributed by atoms with Gasteiger partial charge in [0.2, 0.25) is 5.91 Å². The molecule has 6 nitrogen and oxygen atoms in total. The van der Waals surface area contributed by atoms with E-state index in [0.717, 1.165) is 38.5 Å². The number of ether oxygens (including phenoxy) is 1. The second-order valence-corrected chi connectivity index (χ2v) is 23.5. The van der Waals surface area contributed by atoms with E-state index in [2.05, 4.69) is 31.3 Å². The number of unbranched alkanes of at least 4 members (excludes halogenated alkanes) is 51. The molecular weight excluding hydrogens is 911 g/mol. The Balaban J connectivity index is 3.32. The van der Waals surface area contributed by atoms with Gasteiger partial charge in [-0.2, -0.15) is 0 Å². The van der Waals surface area contributed by atoms with E-state index in [1.807, 2.05) is 0 Å². The number of rotatable bonds is 64. The van der Waals surface area contributed by atoms with Crippen molar-refractivity contribution in [2.75, 3.05) is 13.2 Å². The zero-order chi connectivity index (χ0) is 53.6. The highest BCUT2D eigenvalue weighted by molar-refractivity contribution is 5.76. The molecule has 0 bridgehead atoms. The Labute approximate surface area is 463 Å². The first-order valence-electron chi connectivity index (χ1n) is 33.9. The van der Waals surface area contributed by atoms with Crippen molar-refractivity contribution in [3.8, 4) is 0 Å². The van der Waals surface area contributed by atoms with E-state index in [-0.39, 0.29) is 18.5 Å². The van der Waals surface area contributed by atoms with Gasteiger partial charge in [-0.1, -0.05) is 334 Å². The average molecular weight is 1040 g/mol. The van der Waals surface area contributed by atoms with E-state index in [1.165, 1.54) is 315 Å². The zero-order valence-electron chi connectivity index (χ0n) is 50.4. The molecule has 0 aromatic heterocycles. The Morgan fingerprint density at radius 1 is 0.365 bits per heavy atom. The van der Waals surface area contributed by atoms with Gasteiger partial charge < -0.3 is 20.3 Å². The van der Waals surface area contributed by atoms with Gasteiger partial charge in [0.15, 0.2) is 0 Å². The van der Waals surface area contributed by atoms with Gasteiger partial charge in [0.25, 0.3) is 0 Å². The first-order chi connectivity index (χ1) is 36.5. The lowest BCUT2D eigenvalue weighted by Gasteiger charge is -2.22. The van der Waals surface area contributed by atoms with Crippen molar-refractivity contribution in [1.82, 2.24) is 5.32 Å². The van der Waals surface area contributed by atoms with Gasteiger partial charge in [0.1, 0.15) is 0 Å². The number of hydrogen-bond donors (Lipinski definition) is 3. The lowest BCUT2D eigenvalue weighted by atomic mass is 10.0. The van der Waals surface area contributed by atoms with Crippen LogP contribution in [0.15, 0.2) is 12.2 Å². The van der Waals surface area contributed by atoms with Gasteiger partial charge in [-0.3, -0.25) is 9.59 Å². The van der Waals surface area contributed by atoms with E-state index >= 15 is 0 Å². The molecule has 440 valence electrons. The van der Waals surface area contributed by atoms with Crippen molar-refractivity contribution in [2.45, 2.75) is 398 Å². The number of carbonyl (C=O) groups is 2. The highest BCUT2D eigenvalue weighted by Gasteiger charge is 2.20. The molecule has 2 unspecified atom stereocenters. The normalized spacial score (nSPS) is 12.5. The summed E-state index contributed by atoms with van der Waals surface area (Å²) >= 11 is 0. The SMILES string of the molecule is CCCCCCCCCCCCCCCCCCCCCC(=O)OCCCCCCCCCCCCCC/C=C\CCCCCCCCCCCCCCC(=O)NC(CO)C(O)CCCCCCCCCCCC. The number of aliphatic hydroxyl groups is 2. The predicted octanol–water partition coefficient (Wildman–Crippen LogP) is 21.6. The Hall–Kier alpha value is -1.40. The highest BCUT2D eigenvalue weighted by atomic mass is 16.5. The number of amides is 1. The van der Waals surface area contributed by atoms with Crippen molar-refractivity contribution in [2.24, 2.45) is 0 Å². The van der Waals surface area contributed by atoms with Crippen molar-refractivity contribution in [1.29, 1.82) is 0 Å². The number of allylic oxidation sites excluding steroid dienone is 2. The fourth-order valence-corrected chi connectivity index (χ4v) is 10.9. The van der Waals surface area contributed by atoms with Crippen LogP contribution in [0, 0.1) is 0 Å². The fraction of sp³-hybridized carbons (Fsp3) is 0.941. The van der Waals surface area contributed by atoms with Gasteiger partial charge >= 0.3 is 5.97 Å². The van der Waals surface area contributed by atoms with E-state index < -0.39 is 12.1 Å². The Kier molecular flexibility index (Phi) is 62.9. The molecule has 0 radical (unpaired) electrons. The second-order valence-electron chi connectivity index (χ2n) is 23.5. The molecule has 3 N–H and O–H groups in total. The summed E-state index contributed by atoms with van der Waals surface area (Å²) in [6.45, 7) is 4.97. The molecule has 2 atom stereocenters. The lowest BCUT2D eigenvalue weighted by Crippen LogP contribution is -2.45. The first-order valence-corrected chi connectivity index (χ1v) is 33.9. The highest BCUT2D eigenvalue weighted by Crippen LogP contribution is 2.19. The minimum absolute atomic E-state index is 0.0214. The van der Waals surface area contributed by atoms with Crippen LogP contribution in [0.2, 0.25) is 0 Å². The maximum atomic E-state index is 12.4. The molecule has 0 saturated heterocycles. The van der Waals surface area contributed by atoms with Gasteiger partial charge in [-0.05, 0) is 51.4 Å². The molecule has 0 rings (SSSR count). The van der Waals surface area contributed by atoms with Crippen LogP contribution < -0.4 is 5.32 Å². The second kappa shape index (κ2) is 64.1. The average Bonchev–Trinajstić information content (AvgIpc) is 3.40. The zero-order valence-corrected chi connectivity index (χ0v) is 50.4. The first kappa shape index (κ1) is 72.6. The number of carbonyl (C=O) groups excluding carboxylic acids is 2. The minimum atomic E-state index is -0.661. The van der Waals surface area contributed by atoms with Gasteiger partial charge in [0, 0.05) is 12.8 Å². The number of aliphatic hydroxyl groups excluding tert-OH is 2. The Morgan fingerprint density at radius 3 is 0.959 bits per heavy atom. The summed E-state index contributed by atoms with van der Waals surface area (Å²) < 4.78 is 5.51. The van der Waals surface area contributed by atoms with Gasteiger partial charge in [0.05, 0.1) is 25.4 Å². The smallest absolute Gasteiger partial charge is 0.305 e. The van der Waals surface area contributed by atoms with E-state index in [4.69, 9.17) is 4.74 Å². The molecule has 0 spiro atoms. The van der Waals surface area contributed by atoms with Crippen LogP contribution in [-0.4, -0.2) is 47.4 Å². The van der Waals surface area contributed by atoms with E-state index in [1.54, 1.807) is 0 Å². The fourth-order valence-electron chi connectivity index (χ4n) is 10.9. The summed E-state index contributed by atoms with van der Waals surface area (Å²) in [7, 11) is 0.